The molecule has 1 atom stereocenters. The molecule has 0 radical (unpaired) electrons. The minimum Gasteiger partial charge on any atom is -0.481 e. The topological polar surface area (TPSA) is 77.2 Å². The van der Waals surface area contributed by atoms with Crippen LogP contribution in [0.3, 0.4) is 0 Å². The molecule has 1 unspecified atom stereocenters. The first-order valence-electron chi connectivity index (χ1n) is 5.49. The lowest BCUT2D eigenvalue weighted by Gasteiger charge is -2.19. The second-order valence-electron chi connectivity index (χ2n) is 3.91. The first-order valence-corrected chi connectivity index (χ1v) is 5.49. The van der Waals surface area contributed by atoms with Crippen molar-refractivity contribution in [2.75, 3.05) is 6.61 Å². The summed E-state index contributed by atoms with van der Waals surface area (Å²) in [4.78, 5) is 10.4. The molecule has 0 aliphatic carbocycles. The van der Waals surface area contributed by atoms with E-state index in [1.165, 1.54) is 0 Å². The molecule has 1 aliphatic rings. The molecule has 1 aliphatic heterocycles. The summed E-state index contributed by atoms with van der Waals surface area (Å²) in [6, 6.07) is 0. The van der Waals surface area contributed by atoms with Crippen molar-refractivity contribution < 1.29 is 14.6 Å². The maximum Gasteiger partial charge on any atom is 0.305 e. The van der Waals surface area contributed by atoms with Gasteiger partial charge in [-0.1, -0.05) is 5.21 Å². The smallest absolute Gasteiger partial charge is 0.305 e. The summed E-state index contributed by atoms with van der Waals surface area (Å²) < 4.78 is 7.13. The van der Waals surface area contributed by atoms with Gasteiger partial charge >= 0.3 is 5.97 Å². The number of aliphatic carboxylic acids is 1. The van der Waals surface area contributed by atoms with Crippen LogP contribution in [-0.2, 0) is 16.1 Å². The molecular weight excluding hydrogens is 210 g/mol. The van der Waals surface area contributed by atoms with Crippen LogP contribution in [0.15, 0.2) is 6.20 Å². The first-order chi connectivity index (χ1) is 7.75. The van der Waals surface area contributed by atoms with E-state index in [-0.39, 0.29) is 12.5 Å². The Balaban J connectivity index is 1.93. The Bertz CT molecular complexity index is 358. The van der Waals surface area contributed by atoms with Gasteiger partial charge in [0.1, 0.15) is 11.8 Å². The molecule has 2 rings (SSSR count). The van der Waals surface area contributed by atoms with Crippen LogP contribution in [0.2, 0.25) is 0 Å². The molecule has 0 aromatic carbocycles. The molecule has 1 fully saturated rings. The molecule has 16 heavy (non-hydrogen) atoms. The fourth-order valence-corrected chi connectivity index (χ4v) is 1.75. The van der Waals surface area contributed by atoms with Crippen molar-refractivity contribution in [1.29, 1.82) is 0 Å². The lowest BCUT2D eigenvalue weighted by atomic mass is 10.1. The van der Waals surface area contributed by atoms with E-state index in [1.54, 1.807) is 10.9 Å². The monoisotopic (exact) mass is 225 g/mol. The molecule has 6 nitrogen and oxygen atoms in total. The van der Waals surface area contributed by atoms with Crippen molar-refractivity contribution in [3.05, 3.63) is 11.9 Å². The zero-order chi connectivity index (χ0) is 11.4. The zero-order valence-electron chi connectivity index (χ0n) is 9.00. The van der Waals surface area contributed by atoms with Crippen molar-refractivity contribution >= 4 is 5.97 Å². The minimum absolute atomic E-state index is 0.0346. The lowest BCUT2D eigenvalue weighted by molar-refractivity contribution is -0.137. The van der Waals surface area contributed by atoms with E-state index in [2.05, 4.69) is 10.3 Å². The van der Waals surface area contributed by atoms with E-state index in [0.717, 1.165) is 31.6 Å². The van der Waals surface area contributed by atoms with Gasteiger partial charge < -0.3 is 9.84 Å². The molecule has 6 heteroatoms. The lowest BCUT2D eigenvalue weighted by Crippen LogP contribution is -2.11. The third-order valence-electron chi connectivity index (χ3n) is 2.62. The molecule has 1 aromatic rings. The SMILES string of the molecule is O=C(O)CCn1cc(C2CCCCO2)nn1. The molecular formula is C10H15N3O3. The van der Waals surface area contributed by atoms with Gasteiger partial charge in [-0.25, -0.2) is 0 Å². The van der Waals surface area contributed by atoms with Crippen LogP contribution in [-0.4, -0.2) is 32.7 Å². The molecule has 88 valence electrons. The van der Waals surface area contributed by atoms with E-state index in [9.17, 15) is 4.79 Å². The van der Waals surface area contributed by atoms with E-state index in [0.29, 0.717) is 6.54 Å². The Hall–Kier alpha value is -1.43. The van der Waals surface area contributed by atoms with Gasteiger partial charge in [0, 0.05) is 6.61 Å². The molecule has 0 saturated carbocycles. The van der Waals surface area contributed by atoms with Gasteiger partial charge in [-0.15, -0.1) is 5.10 Å². The molecule has 0 spiro atoms. The van der Waals surface area contributed by atoms with Crippen LogP contribution in [0.5, 0.6) is 0 Å². The standard InChI is InChI=1S/C10H15N3O3/c14-10(15)4-5-13-7-8(11-12-13)9-3-1-2-6-16-9/h7,9H,1-6H2,(H,14,15). The summed E-state index contributed by atoms with van der Waals surface area (Å²) in [5.41, 5.74) is 0.810. The molecule has 1 N–H and O–H groups in total. The fourth-order valence-electron chi connectivity index (χ4n) is 1.75. The second kappa shape index (κ2) is 5.07. The minimum atomic E-state index is -0.828. The van der Waals surface area contributed by atoms with Gasteiger partial charge in [-0.05, 0) is 19.3 Å². The van der Waals surface area contributed by atoms with Gasteiger partial charge in [-0.2, -0.15) is 0 Å². The number of hydrogen-bond acceptors (Lipinski definition) is 4. The van der Waals surface area contributed by atoms with Gasteiger partial charge in [0.2, 0.25) is 0 Å². The number of aromatic nitrogens is 3. The Morgan fingerprint density at radius 3 is 3.19 bits per heavy atom. The summed E-state index contributed by atoms with van der Waals surface area (Å²) >= 11 is 0. The maximum atomic E-state index is 10.4. The highest BCUT2D eigenvalue weighted by atomic mass is 16.5. The maximum absolute atomic E-state index is 10.4. The third-order valence-corrected chi connectivity index (χ3v) is 2.62. The van der Waals surface area contributed by atoms with Crippen LogP contribution < -0.4 is 0 Å². The number of hydrogen-bond donors (Lipinski definition) is 1. The number of carboxylic acids is 1. The van der Waals surface area contributed by atoms with Crippen molar-refractivity contribution in [3.8, 4) is 0 Å². The summed E-state index contributed by atoms with van der Waals surface area (Å²) in [7, 11) is 0. The number of aryl methyl sites for hydroxylation is 1. The zero-order valence-corrected chi connectivity index (χ0v) is 9.00. The highest BCUT2D eigenvalue weighted by Crippen LogP contribution is 2.25. The van der Waals surface area contributed by atoms with E-state index >= 15 is 0 Å². The summed E-state index contributed by atoms with van der Waals surface area (Å²) in [6.45, 7) is 1.13. The van der Waals surface area contributed by atoms with E-state index in [1.807, 2.05) is 0 Å². The van der Waals surface area contributed by atoms with Crippen molar-refractivity contribution in [3.63, 3.8) is 0 Å². The van der Waals surface area contributed by atoms with Crippen LogP contribution in [0.4, 0.5) is 0 Å². The summed E-state index contributed by atoms with van der Waals surface area (Å²) in [5, 5.41) is 16.4. The van der Waals surface area contributed by atoms with E-state index in [4.69, 9.17) is 9.84 Å². The highest BCUT2D eigenvalue weighted by Gasteiger charge is 2.19. The van der Waals surface area contributed by atoms with Gasteiger partial charge in [-0.3, -0.25) is 9.48 Å². The van der Waals surface area contributed by atoms with E-state index < -0.39 is 5.97 Å². The fraction of sp³-hybridized carbons (Fsp3) is 0.700. The second-order valence-corrected chi connectivity index (χ2v) is 3.91. The molecule has 1 saturated heterocycles. The molecule has 0 amide bonds. The van der Waals surface area contributed by atoms with Crippen molar-refractivity contribution in [2.45, 2.75) is 38.3 Å². The number of nitrogens with zero attached hydrogens (tertiary/aromatic N) is 3. The Kier molecular flexibility index (Phi) is 3.51. The molecule has 0 bridgehead atoms. The number of carboxylic acid groups (broad SMARTS) is 1. The quantitative estimate of drug-likeness (QED) is 0.827. The van der Waals surface area contributed by atoms with Crippen LogP contribution in [0.25, 0.3) is 0 Å². The van der Waals surface area contributed by atoms with Crippen LogP contribution >= 0.6 is 0 Å². The highest BCUT2D eigenvalue weighted by molar-refractivity contribution is 5.66. The van der Waals surface area contributed by atoms with Gasteiger partial charge in [0.05, 0.1) is 19.2 Å². The van der Waals surface area contributed by atoms with Crippen molar-refractivity contribution in [1.82, 2.24) is 15.0 Å². The summed E-state index contributed by atoms with van der Waals surface area (Å²) in [5.74, 6) is -0.828. The Morgan fingerprint density at radius 2 is 2.50 bits per heavy atom. The first kappa shape index (κ1) is 11.1. The normalized spacial score (nSPS) is 20.9. The third kappa shape index (κ3) is 2.79. The number of ether oxygens (including phenoxy) is 1. The van der Waals surface area contributed by atoms with Crippen LogP contribution in [0.1, 0.15) is 37.5 Å². The van der Waals surface area contributed by atoms with Crippen LogP contribution in [0, 0.1) is 0 Å². The average molecular weight is 225 g/mol. The predicted molar refractivity (Wildman–Crippen MR) is 54.8 cm³/mol. The predicted octanol–water partition coefficient (Wildman–Crippen LogP) is 0.994. The van der Waals surface area contributed by atoms with Gasteiger partial charge in [0.15, 0.2) is 0 Å². The largest absolute Gasteiger partial charge is 0.481 e. The molecule has 1 aromatic heterocycles. The van der Waals surface area contributed by atoms with Crippen molar-refractivity contribution in [2.24, 2.45) is 0 Å². The molecule has 2 heterocycles. The number of rotatable bonds is 4. The summed E-state index contributed by atoms with van der Waals surface area (Å²) in [6.07, 6.45) is 5.09. The van der Waals surface area contributed by atoms with Gasteiger partial charge in [0.25, 0.3) is 0 Å². The average Bonchev–Trinajstić information content (AvgIpc) is 2.76. The Morgan fingerprint density at radius 1 is 1.62 bits per heavy atom. The number of carbonyl (C=O) groups is 1. The Labute approximate surface area is 93.2 Å².